The number of amides is 1. The third-order valence-corrected chi connectivity index (χ3v) is 5.48. The molecule has 1 aliphatic rings. The number of carbonyl (C=O) groups is 1. The van der Waals surface area contributed by atoms with Crippen molar-refractivity contribution in [3.05, 3.63) is 53.0 Å². The number of carbonyl (C=O) groups excluding carboxylic acids is 1. The molecular formula is C21H27NO3. The summed E-state index contributed by atoms with van der Waals surface area (Å²) in [5, 5.41) is 0. The summed E-state index contributed by atoms with van der Waals surface area (Å²) in [6.45, 7) is 7.28. The second-order valence-electron chi connectivity index (χ2n) is 7.12. The highest BCUT2D eigenvalue weighted by Crippen LogP contribution is 2.43. The van der Waals surface area contributed by atoms with Crippen molar-refractivity contribution in [3.63, 3.8) is 0 Å². The molecule has 1 atom stereocenters. The molecule has 1 unspecified atom stereocenters. The Morgan fingerprint density at radius 1 is 1.20 bits per heavy atom. The first-order valence-corrected chi connectivity index (χ1v) is 9.02. The fourth-order valence-electron chi connectivity index (χ4n) is 3.75. The molecule has 0 saturated carbocycles. The first-order chi connectivity index (χ1) is 11.9. The molecule has 0 bridgehead atoms. The fourth-order valence-corrected chi connectivity index (χ4v) is 3.75. The minimum atomic E-state index is -0.234. The van der Waals surface area contributed by atoms with Crippen molar-refractivity contribution in [1.29, 1.82) is 0 Å². The van der Waals surface area contributed by atoms with Gasteiger partial charge in [-0.2, -0.15) is 0 Å². The third-order valence-electron chi connectivity index (χ3n) is 5.48. The lowest BCUT2D eigenvalue weighted by atomic mass is 9.73. The molecule has 0 aliphatic carbocycles. The normalized spacial score (nSPS) is 16.4. The predicted molar refractivity (Wildman–Crippen MR) is 98.4 cm³/mol. The van der Waals surface area contributed by atoms with Crippen molar-refractivity contribution < 1.29 is 13.9 Å². The van der Waals surface area contributed by atoms with Gasteiger partial charge in [-0.1, -0.05) is 32.9 Å². The zero-order valence-electron chi connectivity index (χ0n) is 15.8. The summed E-state index contributed by atoms with van der Waals surface area (Å²) in [5.74, 6) is 2.53. The van der Waals surface area contributed by atoms with E-state index in [2.05, 4.69) is 39.0 Å². The van der Waals surface area contributed by atoms with Gasteiger partial charge in [-0.05, 0) is 36.6 Å². The Morgan fingerprint density at radius 2 is 1.92 bits per heavy atom. The lowest BCUT2D eigenvalue weighted by Crippen LogP contribution is -2.26. The van der Waals surface area contributed by atoms with Crippen LogP contribution in [0.2, 0.25) is 0 Å². The molecule has 1 aromatic heterocycles. The number of benzene rings is 1. The molecule has 0 N–H and O–H groups in total. The highest BCUT2D eigenvalue weighted by Gasteiger charge is 2.36. The zero-order valence-corrected chi connectivity index (χ0v) is 15.8. The van der Waals surface area contributed by atoms with Gasteiger partial charge in [0, 0.05) is 25.6 Å². The Kier molecular flexibility index (Phi) is 4.63. The average molecular weight is 341 g/mol. The van der Waals surface area contributed by atoms with Crippen molar-refractivity contribution >= 4 is 5.91 Å². The number of rotatable bonds is 5. The number of ether oxygens (including phenoxy) is 1. The maximum absolute atomic E-state index is 12.2. The highest BCUT2D eigenvalue weighted by atomic mass is 16.5. The van der Waals surface area contributed by atoms with E-state index in [0.29, 0.717) is 11.7 Å². The van der Waals surface area contributed by atoms with Gasteiger partial charge in [0.15, 0.2) is 5.76 Å². The second-order valence-corrected chi connectivity index (χ2v) is 7.12. The van der Waals surface area contributed by atoms with E-state index in [1.165, 1.54) is 16.0 Å². The zero-order chi connectivity index (χ0) is 18.2. The van der Waals surface area contributed by atoms with E-state index in [4.69, 9.17) is 9.15 Å². The molecular weight excluding hydrogens is 314 g/mol. The maximum Gasteiger partial charge on any atom is 0.289 e. The molecule has 1 aliphatic heterocycles. The molecule has 0 radical (unpaired) electrons. The van der Waals surface area contributed by atoms with Crippen molar-refractivity contribution in [3.8, 4) is 5.75 Å². The Balaban J connectivity index is 2.06. The van der Waals surface area contributed by atoms with Crippen molar-refractivity contribution in [1.82, 2.24) is 4.90 Å². The summed E-state index contributed by atoms with van der Waals surface area (Å²) in [5.41, 5.74) is 2.26. The lowest BCUT2D eigenvalue weighted by molar-refractivity contribution is 0.0792. The molecule has 25 heavy (non-hydrogen) atoms. The Labute approximate surface area is 149 Å². The molecule has 4 nitrogen and oxygen atoms in total. The first-order valence-electron chi connectivity index (χ1n) is 9.02. The second kappa shape index (κ2) is 6.58. The average Bonchev–Trinajstić information content (AvgIpc) is 3.24. The topological polar surface area (TPSA) is 42.7 Å². The number of hydrogen-bond donors (Lipinski definition) is 0. The lowest BCUT2D eigenvalue weighted by Gasteiger charge is -2.31. The quantitative estimate of drug-likeness (QED) is 0.799. The van der Waals surface area contributed by atoms with E-state index >= 15 is 0 Å². The highest BCUT2D eigenvalue weighted by molar-refractivity contribution is 5.91. The fraction of sp³-hybridized carbons (Fsp3) is 0.476. The van der Waals surface area contributed by atoms with Crippen LogP contribution in [-0.4, -0.2) is 31.5 Å². The van der Waals surface area contributed by atoms with Crippen molar-refractivity contribution in [2.45, 2.75) is 44.9 Å². The van der Waals surface area contributed by atoms with Crippen LogP contribution in [0.4, 0.5) is 0 Å². The number of nitrogens with zero attached hydrogens (tertiary/aromatic N) is 1. The van der Waals surface area contributed by atoms with E-state index < -0.39 is 0 Å². The SMILES string of the molecule is CCC(CC)(c1ccc2c(c1)C(C)CO2)c1ccc(C(=O)N(C)C)o1. The predicted octanol–water partition coefficient (Wildman–Crippen LogP) is 4.58. The van der Waals surface area contributed by atoms with Gasteiger partial charge in [-0.15, -0.1) is 0 Å². The maximum atomic E-state index is 12.2. The van der Waals surface area contributed by atoms with E-state index in [1.54, 1.807) is 20.2 Å². The van der Waals surface area contributed by atoms with Crippen molar-refractivity contribution in [2.24, 2.45) is 0 Å². The monoisotopic (exact) mass is 341 g/mol. The van der Waals surface area contributed by atoms with E-state index in [-0.39, 0.29) is 11.3 Å². The van der Waals surface area contributed by atoms with Gasteiger partial charge in [0.2, 0.25) is 0 Å². The van der Waals surface area contributed by atoms with Gasteiger partial charge in [-0.25, -0.2) is 0 Å². The van der Waals surface area contributed by atoms with Crippen molar-refractivity contribution in [2.75, 3.05) is 20.7 Å². The van der Waals surface area contributed by atoms with Crippen LogP contribution in [-0.2, 0) is 5.41 Å². The van der Waals surface area contributed by atoms with E-state index in [9.17, 15) is 4.79 Å². The van der Waals surface area contributed by atoms with Gasteiger partial charge in [0.1, 0.15) is 11.5 Å². The van der Waals surface area contributed by atoms with Gasteiger partial charge in [0.25, 0.3) is 5.91 Å². The number of fused-ring (bicyclic) bond motifs is 1. The molecule has 4 heteroatoms. The Morgan fingerprint density at radius 3 is 2.56 bits per heavy atom. The van der Waals surface area contributed by atoms with Crippen LogP contribution in [0.5, 0.6) is 5.75 Å². The van der Waals surface area contributed by atoms with Crippen LogP contribution in [0.15, 0.2) is 34.7 Å². The Bertz CT molecular complexity index is 771. The molecule has 0 fully saturated rings. The summed E-state index contributed by atoms with van der Waals surface area (Å²) in [4.78, 5) is 13.7. The van der Waals surface area contributed by atoms with Crippen LogP contribution in [0.3, 0.4) is 0 Å². The summed E-state index contributed by atoms with van der Waals surface area (Å²) < 4.78 is 11.8. The summed E-state index contributed by atoms with van der Waals surface area (Å²) in [7, 11) is 3.47. The smallest absolute Gasteiger partial charge is 0.289 e. The first kappa shape index (κ1) is 17.6. The summed E-state index contributed by atoms with van der Waals surface area (Å²) >= 11 is 0. The van der Waals surface area contributed by atoms with Gasteiger partial charge in [-0.3, -0.25) is 4.79 Å². The third kappa shape index (κ3) is 2.84. The number of hydrogen-bond acceptors (Lipinski definition) is 3. The molecule has 1 aromatic carbocycles. The van der Waals surface area contributed by atoms with Crippen LogP contribution in [0.1, 0.15) is 67.0 Å². The van der Waals surface area contributed by atoms with Crippen LogP contribution >= 0.6 is 0 Å². The summed E-state index contributed by atoms with van der Waals surface area (Å²) in [6.07, 6.45) is 1.81. The molecule has 0 saturated heterocycles. The molecule has 1 amide bonds. The standard InChI is InChI=1S/C21H27NO3/c1-6-21(7-2,19-11-10-18(25-19)20(23)22(4)5)15-8-9-17-16(12-15)14(3)13-24-17/h8-12,14H,6-7,13H2,1-5H3. The minimum absolute atomic E-state index is 0.108. The molecule has 2 heterocycles. The molecule has 2 aromatic rings. The Hall–Kier alpha value is -2.23. The molecule has 134 valence electrons. The molecule has 0 spiro atoms. The van der Waals surface area contributed by atoms with Crippen LogP contribution in [0.25, 0.3) is 0 Å². The van der Waals surface area contributed by atoms with Gasteiger partial charge >= 0.3 is 0 Å². The molecule has 3 rings (SSSR count). The van der Waals surface area contributed by atoms with E-state index in [0.717, 1.165) is 31.0 Å². The van der Waals surface area contributed by atoms with Gasteiger partial charge in [0.05, 0.1) is 12.0 Å². The number of furan rings is 1. The largest absolute Gasteiger partial charge is 0.493 e. The van der Waals surface area contributed by atoms with E-state index in [1.807, 2.05) is 6.07 Å². The summed E-state index contributed by atoms with van der Waals surface area (Å²) in [6, 6.07) is 10.2. The van der Waals surface area contributed by atoms with Crippen LogP contribution in [0, 0.1) is 0 Å². The minimum Gasteiger partial charge on any atom is -0.493 e. The van der Waals surface area contributed by atoms with Crippen LogP contribution < -0.4 is 4.74 Å². The van der Waals surface area contributed by atoms with Gasteiger partial charge < -0.3 is 14.1 Å².